The maximum Gasteiger partial charge on any atom is 0.297 e. The number of amides is 1. The molecule has 0 saturated carbocycles. The van der Waals surface area contributed by atoms with Crippen molar-refractivity contribution in [3.8, 4) is 0 Å². The summed E-state index contributed by atoms with van der Waals surface area (Å²) in [4.78, 5) is 25.3. The van der Waals surface area contributed by atoms with Crippen molar-refractivity contribution >= 4 is 22.5 Å². The molecule has 0 spiro atoms. The van der Waals surface area contributed by atoms with Crippen LogP contribution in [0.1, 0.15) is 35.5 Å². The number of fused-ring (bicyclic) bond motifs is 1. The summed E-state index contributed by atoms with van der Waals surface area (Å²) < 4.78 is 6.25. The Kier molecular flexibility index (Phi) is 4.16. The summed E-state index contributed by atoms with van der Waals surface area (Å²) in [5, 5.41) is 11.6. The van der Waals surface area contributed by atoms with E-state index in [9.17, 15) is 9.59 Å². The van der Waals surface area contributed by atoms with Gasteiger partial charge in [-0.3, -0.25) is 9.59 Å². The third-order valence-corrected chi connectivity index (χ3v) is 4.37. The molecular formula is C18H20N4O3. The lowest BCUT2D eigenvalue weighted by atomic mass is 10.1. The minimum Gasteiger partial charge on any atom is -0.360 e. The normalized spacial score (nSPS) is 12.4. The van der Waals surface area contributed by atoms with Crippen LogP contribution in [0.3, 0.4) is 0 Å². The lowest BCUT2D eigenvalue weighted by Gasteiger charge is -2.17. The molecule has 2 aromatic heterocycles. The molecule has 0 fully saturated rings. The number of carbonyl (C=O) groups excluding carboxylic acids is 1. The number of nitrogens with zero attached hydrogens (tertiary/aromatic N) is 3. The first-order valence-corrected chi connectivity index (χ1v) is 8.03. The molecule has 0 aliphatic rings. The summed E-state index contributed by atoms with van der Waals surface area (Å²) in [6.07, 6.45) is 0. The summed E-state index contributed by atoms with van der Waals surface area (Å²) in [5.41, 5.74) is 3.01. The second-order valence-electron chi connectivity index (χ2n) is 6.23. The Morgan fingerprint density at radius 2 is 1.84 bits per heavy atom. The first kappa shape index (κ1) is 16.9. The third kappa shape index (κ3) is 2.82. The smallest absolute Gasteiger partial charge is 0.297 e. The van der Waals surface area contributed by atoms with Crippen LogP contribution in [0.15, 0.2) is 27.5 Å². The number of aromatic nitrogens is 3. The monoisotopic (exact) mass is 340 g/mol. The predicted octanol–water partition coefficient (Wildman–Crippen LogP) is 2.82. The van der Waals surface area contributed by atoms with Crippen LogP contribution in [0.4, 0.5) is 5.69 Å². The summed E-state index contributed by atoms with van der Waals surface area (Å²) >= 11 is 0. The van der Waals surface area contributed by atoms with Gasteiger partial charge in [0.05, 0.1) is 11.1 Å². The Morgan fingerprint density at radius 3 is 2.48 bits per heavy atom. The molecule has 7 nitrogen and oxygen atoms in total. The number of hydrogen-bond donors (Lipinski definition) is 1. The highest BCUT2D eigenvalue weighted by Gasteiger charge is 2.23. The Hall–Kier alpha value is -2.96. The number of carbonyl (C=O) groups is 1. The fourth-order valence-corrected chi connectivity index (χ4v) is 2.92. The number of rotatable bonds is 3. The van der Waals surface area contributed by atoms with E-state index in [4.69, 9.17) is 4.52 Å². The van der Waals surface area contributed by atoms with Gasteiger partial charge in [-0.25, -0.2) is 4.68 Å². The fourth-order valence-electron chi connectivity index (χ4n) is 2.92. The molecule has 25 heavy (non-hydrogen) atoms. The standard InChI is InChI=1S/C18H20N4O3/c1-9-7-6-8-10(2)15(9)19-17(23)12(4)22-18(24)16-14(11(3)20-22)13(5)25-21-16/h6-8,12H,1-5H3,(H,19,23). The van der Waals surface area contributed by atoms with Crippen molar-refractivity contribution in [1.29, 1.82) is 0 Å². The van der Waals surface area contributed by atoms with Crippen molar-refractivity contribution in [3.63, 3.8) is 0 Å². The topological polar surface area (TPSA) is 90.0 Å². The van der Waals surface area contributed by atoms with Gasteiger partial charge in [0.25, 0.3) is 5.56 Å². The van der Waals surface area contributed by atoms with Crippen molar-refractivity contribution in [1.82, 2.24) is 14.9 Å². The van der Waals surface area contributed by atoms with Crippen molar-refractivity contribution in [3.05, 3.63) is 51.1 Å². The molecule has 0 saturated heterocycles. The quantitative estimate of drug-likeness (QED) is 0.792. The van der Waals surface area contributed by atoms with Crippen LogP contribution in [0, 0.1) is 27.7 Å². The molecule has 1 amide bonds. The van der Waals surface area contributed by atoms with Crippen LogP contribution in [0.25, 0.3) is 10.9 Å². The first-order chi connectivity index (χ1) is 11.8. The second kappa shape index (κ2) is 6.16. The number of anilines is 1. The van der Waals surface area contributed by atoms with Gasteiger partial charge in [-0.2, -0.15) is 5.10 Å². The largest absolute Gasteiger partial charge is 0.360 e. The van der Waals surface area contributed by atoms with Gasteiger partial charge in [0.1, 0.15) is 11.8 Å². The molecule has 130 valence electrons. The van der Waals surface area contributed by atoms with Gasteiger partial charge in [-0.05, 0) is 45.7 Å². The number of benzene rings is 1. The van der Waals surface area contributed by atoms with Gasteiger partial charge < -0.3 is 9.84 Å². The van der Waals surface area contributed by atoms with Crippen LogP contribution in [0.2, 0.25) is 0 Å². The van der Waals surface area contributed by atoms with E-state index >= 15 is 0 Å². The Morgan fingerprint density at radius 1 is 1.20 bits per heavy atom. The molecule has 1 unspecified atom stereocenters. The van der Waals surface area contributed by atoms with Crippen LogP contribution < -0.4 is 10.9 Å². The van der Waals surface area contributed by atoms with E-state index in [2.05, 4.69) is 15.6 Å². The van der Waals surface area contributed by atoms with E-state index < -0.39 is 11.6 Å². The zero-order valence-corrected chi connectivity index (χ0v) is 14.9. The van der Waals surface area contributed by atoms with E-state index in [0.29, 0.717) is 16.8 Å². The molecular weight excluding hydrogens is 320 g/mol. The lowest BCUT2D eigenvalue weighted by Crippen LogP contribution is -2.34. The highest BCUT2D eigenvalue weighted by molar-refractivity contribution is 5.95. The number of nitrogens with one attached hydrogen (secondary N) is 1. The molecule has 0 bridgehead atoms. The molecule has 1 N–H and O–H groups in total. The predicted molar refractivity (Wildman–Crippen MR) is 94.8 cm³/mol. The second-order valence-corrected chi connectivity index (χ2v) is 6.23. The van der Waals surface area contributed by atoms with Crippen LogP contribution in [-0.4, -0.2) is 20.8 Å². The minimum atomic E-state index is -0.786. The molecule has 1 atom stereocenters. The van der Waals surface area contributed by atoms with Gasteiger partial charge in [0.2, 0.25) is 5.91 Å². The van der Waals surface area contributed by atoms with Gasteiger partial charge in [0, 0.05) is 5.69 Å². The Balaban J connectivity index is 1.99. The summed E-state index contributed by atoms with van der Waals surface area (Å²) in [6.45, 7) is 8.97. The van der Waals surface area contributed by atoms with Gasteiger partial charge >= 0.3 is 0 Å². The number of aryl methyl sites for hydroxylation is 4. The van der Waals surface area contributed by atoms with Crippen LogP contribution in [-0.2, 0) is 4.79 Å². The lowest BCUT2D eigenvalue weighted by molar-refractivity contribution is -0.119. The van der Waals surface area contributed by atoms with Crippen LogP contribution >= 0.6 is 0 Å². The zero-order valence-electron chi connectivity index (χ0n) is 14.9. The van der Waals surface area contributed by atoms with Crippen molar-refractivity contribution in [2.24, 2.45) is 0 Å². The van der Waals surface area contributed by atoms with E-state index in [0.717, 1.165) is 21.5 Å². The molecule has 0 radical (unpaired) electrons. The fraction of sp³-hybridized carbons (Fsp3) is 0.333. The highest BCUT2D eigenvalue weighted by atomic mass is 16.5. The minimum absolute atomic E-state index is 0.191. The number of hydrogen-bond acceptors (Lipinski definition) is 5. The maximum absolute atomic E-state index is 12.7. The maximum atomic E-state index is 12.7. The molecule has 3 aromatic rings. The number of para-hydroxylation sites is 1. The van der Waals surface area contributed by atoms with Crippen LogP contribution in [0.5, 0.6) is 0 Å². The Bertz CT molecular complexity index is 1010. The average Bonchev–Trinajstić information content (AvgIpc) is 2.96. The molecule has 3 rings (SSSR count). The van der Waals surface area contributed by atoms with E-state index in [-0.39, 0.29) is 11.4 Å². The molecule has 0 aliphatic carbocycles. The van der Waals surface area contributed by atoms with E-state index in [1.165, 1.54) is 0 Å². The summed E-state index contributed by atoms with van der Waals surface area (Å²) in [5.74, 6) is 0.225. The van der Waals surface area contributed by atoms with Crippen molar-refractivity contribution in [2.75, 3.05) is 5.32 Å². The average molecular weight is 340 g/mol. The van der Waals surface area contributed by atoms with E-state index in [1.54, 1.807) is 20.8 Å². The summed E-state index contributed by atoms with van der Waals surface area (Å²) in [6, 6.07) is 4.99. The van der Waals surface area contributed by atoms with Crippen molar-refractivity contribution in [2.45, 2.75) is 40.7 Å². The SMILES string of the molecule is Cc1cccc(C)c1NC(=O)C(C)n1nc(C)c2c(C)onc2c1=O. The summed E-state index contributed by atoms with van der Waals surface area (Å²) in [7, 11) is 0. The molecule has 7 heteroatoms. The molecule has 0 aliphatic heterocycles. The Labute approximate surface area is 144 Å². The van der Waals surface area contributed by atoms with Gasteiger partial charge in [-0.15, -0.1) is 0 Å². The third-order valence-electron chi connectivity index (χ3n) is 4.37. The van der Waals surface area contributed by atoms with Gasteiger partial charge in [-0.1, -0.05) is 23.4 Å². The zero-order chi connectivity index (χ0) is 18.3. The van der Waals surface area contributed by atoms with Crippen molar-refractivity contribution < 1.29 is 9.32 Å². The highest BCUT2D eigenvalue weighted by Crippen LogP contribution is 2.21. The van der Waals surface area contributed by atoms with E-state index in [1.807, 2.05) is 32.0 Å². The molecule has 2 heterocycles. The first-order valence-electron chi connectivity index (χ1n) is 8.03. The molecule has 1 aromatic carbocycles. The van der Waals surface area contributed by atoms with Gasteiger partial charge in [0.15, 0.2) is 5.52 Å².